The number of aryl methyl sites for hydroxylation is 1. The first-order valence-electron chi connectivity index (χ1n) is 12.1. The number of nitrogens with zero attached hydrogens (tertiary/aromatic N) is 3. The number of hydrogen-bond donors (Lipinski definition) is 2. The molecule has 0 saturated heterocycles. The minimum atomic E-state index is -5.24. The summed E-state index contributed by atoms with van der Waals surface area (Å²) in [5.41, 5.74) is -5.82. The van der Waals surface area contributed by atoms with Crippen LogP contribution in [0.5, 0.6) is 0 Å². The van der Waals surface area contributed by atoms with Gasteiger partial charge in [-0.15, -0.1) is 0 Å². The Bertz CT molecular complexity index is 1380. The Hall–Kier alpha value is -4.02. The number of allylic oxidation sites excluding steroid dienone is 1. The first-order valence-corrected chi connectivity index (χ1v) is 12.1. The molecular weight excluding hydrogens is 586 g/mol. The maximum absolute atomic E-state index is 14.4. The summed E-state index contributed by atoms with van der Waals surface area (Å²) < 4.78 is 115. The van der Waals surface area contributed by atoms with Gasteiger partial charge in [-0.3, -0.25) is 9.59 Å². The van der Waals surface area contributed by atoms with E-state index in [1.807, 2.05) is 5.32 Å². The molecule has 0 radical (unpaired) electrons. The smallest absolute Gasteiger partial charge is 0.372 e. The van der Waals surface area contributed by atoms with Crippen LogP contribution in [0.25, 0.3) is 0 Å². The van der Waals surface area contributed by atoms with Crippen molar-refractivity contribution in [3.05, 3.63) is 64.5 Å². The van der Waals surface area contributed by atoms with Crippen molar-refractivity contribution in [1.82, 2.24) is 20.4 Å². The molecule has 0 aliphatic carbocycles. The van der Waals surface area contributed by atoms with Crippen molar-refractivity contribution in [3.63, 3.8) is 0 Å². The van der Waals surface area contributed by atoms with E-state index in [0.717, 1.165) is 13.2 Å². The van der Waals surface area contributed by atoms with E-state index < -0.39 is 73.3 Å². The van der Waals surface area contributed by atoms with Gasteiger partial charge in [-0.1, -0.05) is 17.3 Å². The number of amides is 2. The Morgan fingerprint density at radius 2 is 1.81 bits per heavy atom. The Morgan fingerprint density at radius 3 is 2.38 bits per heavy atom. The molecule has 1 unspecified atom stereocenters. The van der Waals surface area contributed by atoms with Gasteiger partial charge in [-0.25, -0.2) is 13.5 Å². The fourth-order valence-corrected chi connectivity index (χ4v) is 4.06. The Kier molecular flexibility index (Phi) is 9.34. The van der Waals surface area contributed by atoms with Crippen LogP contribution in [-0.2, 0) is 32.9 Å². The second kappa shape index (κ2) is 12.1. The highest BCUT2D eigenvalue weighted by Gasteiger charge is 2.64. The lowest BCUT2D eigenvalue weighted by Gasteiger charge is -2.29. The highest BCUT2D eigenvalue weighted by molar-refractivity contribution is 6.04. The third-order valence-electron chi connectivity index (χ3n) is 6.07. The van der Waals surface area contributed by atoms with Crippen molar-refractivity contribution in [1.29, 1.82) is 0 Å². The van der Waals surface area contributed by atoms with Gasteiger partial charge in [-0.2, -0.15) is 31.4 Å². The van der Waals surface area contributed by atoms with E-state index in [9.17, 15) is 44.7 Å². The molecule has 1 aromatic carbocycles. The molecule has 2 heterocycles. The summed E-state index contributed by atoms with van der Waals surface area (Å²) in [5.74, 6) is -4.93. The molecule has 230 valence electrons. The Morgan fingerprint density at radius 1 is 1.12 bits per heavy atom. The van der Waals surface area contributed by atoms with Crippen LogP contribution in [0.3, 0.4) is 0 Å². The summed E-state index contributed by atoms with van der Waals surface area (Å²) in [6, 6.07) is 3.99. The maximum Gasteiger partial charge on any atom is 0.437 e. The van der Waals surface area contributed by atoms with Crippen molar-refractivity contribution < 1.29 is 54.3 Å². The van der Waals surface area contributed by atoms with E-state index in [0.29, 0.717) is 10.8 Å². The molecule has 2 aromatic rings. The van der Waals surface area contributed by atoms with Gasteiger partial charge in [0.05, 0.1) is 30.9 Å². The number of carbonyl (C=O) groups excluding carboxylic acids is 2. The van der Waals surface area contributed by atoms with Crippen LogP contribution in [-0.4, -0.2) is 59.6 Å². The van der Waals surface area contributed by atoms with Gasteiger partial charge in [0, 0.05) is 12.7 Å². The van der Waals surface area contributed by atoms with E-state index in [-0.39, 0.29) is 28.5 Å². The molecule has 2 amide bonds. The van der Waals surface area contributed by atoms with Crippen LogP contribution in [0.2, 0.25) is 0 Å². The Labute approximate surface area is 233 Å². The molecule has 1 aliphatic rings. The lowest BCUT2D eigenvalue weighted by molar-refractivity contribution is -0.278. The second-order valence-electron chi connectivity index (χ2n) is 9.21. The first kappa shape index (κ1) is 32.5. The van der Waals surface area contributed by atoms with Gasteiger partial charge in [0.25, 0.3) is 17.4 Å². The zero-order chi connectivity index (χ0) is 31.5. The molecule has 1 atom stereocenters. The van der Waals surface area contributed by atoms with Crippen LogP contribution >= 0.6 is 0 Å². The van der Waals surface area contributed by atoms with Gasteiger partial charge in [0.15, 0.2) is 5.69 Å². The molecular formula is C25H25F8N5O4. The van der Waals surface area contributed by atoms with Crippen molar-refractivity contribution in [2.24, 2.45) is 5.16 Å². The molecule has 17 heteroatoms. The average molecular weight is 611 g/mol. The molecule has 0 spiro atoms. The lowest BCUT2D eigenvalue weighted by Crippen LogP contribution is -2.44. The van der Waals surface area contributed by atoms with Crippen LogP contribution in [0, 0.1) is 6.92 Å². The summed E-state index contributed by atoms with van der Waals surface area (Å²) in [6.07, 6.45) is -9.59. The SMILES string of the molecule is C/C=C/C(F)(F)CNC(=O)CNC(=O)c1ccc(C2=NOC(c3cc(C(F)(F)F)nn3COC)(C(F)(F)F)C2)cc1C. The van der Waals surface area contributed by atoms with E-state index in [1.165, 1.54) is 32.0 Å². The molecule has 9 nitrogen and oxygen atoms in total. The third-order valence-corrected chi connectivity index (χ3v) is 6.07. The predicted octanol–water partition coefficient (Wildman–Crippen LogP) is 4.45. The number of nitrogens with one attached hydrogen (secondary N) is 2. The fourth-order valence-electron chi connectivity index (χ4n) is 4.06. The lowest BCUT2D eigenvalue weighted by atomic mass is 9.89. The van der Waals surface area contributed by atoms with Gasteiger partial charge >= 0.3 is 12.4 Å². The van der Waals surface area contributed by atoms with Crippen molar-refractivity contribution >= 4 is 17.5 Å². The standard InChI is InChI=1S/C25H25F8N5O4/c1-4-7-22(26,27)12-35-20(39)11-34-21(40)16-6-5-15(8-14(16)2)17-10-23(42-37-17,25(31,32)33)19-9-18(24(28,29)30)36-38(19)13-41-3/h4-9H,10-13H2,1-3H3,(H,34,40)(H,35,39)/b7-4+. The van der Waals surface area contributed by atoms with Crippen LogP contribution in [0.15, 0.2) is 41.6 Å². The Balaban J connectivity index is 1.78. The monoisotopic (exact) mass is 611 g/mol. The number of halogens is 8. The zero-order valence-corrected chi connectivity index (χ0v) is 22.3. The highest BCUT2D eigenvalue weighted by Crippen LogP contribution is 2.49. The minimum Gasteiger partial charge on any atom is -0.372 e. The van der Waals surface area contributed by atoms with Gasteiger partial charge in [0.2, 0.25) is 5.91 Å². The number of alkyl halides is 8. The number of benzene rings is 1. The van der Waals surface area contributed by atoms with Gasteiger partial charge in [-0.05, 0) is 49.2 Å². The molecule has 1 aromatic heterocycles. The predicted molar refractivity (Wildman–Crippen MR) is 130 cm³/mol. The summed E-state index contributed by atoms with van der Waals surface area (Å²) in [5, 5.41) is 10.9. The summed E-state index contributed by atoms with van der Waals surface area (Å²) in [6.45, 7) is 0.477. The second-order valence-corrected chi connectivity index (χ2v) is 9.21. The number of rotatable bonds is 10. The first-order chi connectivity index (χ1) is 19.4. The molecule has 2 N–H and O–H groups in total. The van der Waals surface area contributed by atoms with Crippen LogP contribution in [0.1, 0.15) is 46.2 Å². The van der Waals surface area contributed by atoms with Gasteiger partial charge in [0.1, 0.15) is 6.73 Å². The number of aromatic nitrogens is 2. The minimum absolute atomic E-state index is 0.0142. The quantitative estimate of drug-likeness (QED) is 0.305. The van der Waals surface area contributed by atoms with Gasteiger partial charge < -0.3 is 20.2 Å². The van der Waals surface area contributed by atoms with Crippen molar-refractivity contribution in [2.45, 2.75) is 50.9 Å². The third kappa shape index (κ3) is 7.06. The molecule has 0 fully saturated rings. The molecule has 3 rings (SSSR count). The highest BCUT2D eigenvalue weighted by atomic mass is 19.4. The van der Waals surface area contributed by atoms with Crippen molar-refractivity contribution in [3.8, 4) is 0 Å². The van der Waals surface area contributed by atoms with E-state index >= 15 is 0 Å². The number of hydrogen-bond acceptors (Lipinski definition) is 6. The molecule has 0 bridgehead atoms. The maximum atomic E-state index is 14.4. The van der Waals surface area contributed by atoms with E-state index in [4.69, 9.17) is 9.57 Å². The number of oxime groups is 1. The summed E-state index contributed by atoms with van der Waals surface area (Å²) >= 11 is 0. The number of methoxy groups -OCH3 is 1. The number of carbonyl (C=O) groups is 2. The zero-order valence-electron chi connectivity index (χ0n) is 22.3. The summed E-state index contributed by atoms with van der Waals surface area (Å²) in [7, 11) is 1.06. The van der Waals surface area contributed by atoms with Crippen LogP contribution < -0.4 is 10.6 Å². The normalized spacial score (nSPS) is 17.7. The fraction of sp³-hybridized carbons (Fsp3) is 0.440. The molecule has 1 aliphatic heterocycles. The largest absolute Gasteiger partial charge is 0.437 e. The van der Waals surface area contributed by atoms with E-state index in [2.05, 4.69) is 15.6 Å². The summed E-state index contributed by atoms with van der Waals surface area (Å²) in [4.78, 5) is 29.2. The molecule has 42 heavy (non-hydrogen) atoms. The van der Waals surface area contributed by atoms with Crippen LogP contribution in [0.4, 0.5) is 35.1 Å². The average Bonchev–Trinajstić information content (AvgIpc) is 3.52. The number of ether oxygens (including phenoxy) is 1. The molecule has 0 saturated carbocycles. The van der Waals surface area contributed by atoms with Crippen molar-refractivity contribution in [2.75, 3.05) is 20.2 Å². The van der Waals surface area contributed by atoms with E-state index in [1.54, 1.807) is 0 Å². The topological polar surface area (TPSA) is 107 Å².